The summed E-state index contributed by atoms with van der Waals surface area (Å²) in [7, 11) is 0. The number of ketones is 1. The van der Waals surface area contributed by atoms with E-state index in [0.717, 1.165) is 12.8 Å². The van der Waals surface area contributed by atoms with E-state index in [-0.39, 0.29) is 27.9 Å². The molecule has 16 heavy (non-hydrogen) atoms. The van der Waals surface area contributed by atoms with E-state index >= 15 is 0 Å². The summed E-state index contributed by atoms with van der Waals surface area (Å²) >= 11 is 3.48. The van der Waals surface area contributed by atoms with Gasteiger partial charge in [0.1, 0.15) is 0 Å². The Hall–Kier alpha value is -0.380. The van der Waals surface area contributed by atoms with E-state index in [4.69, 9.17) is 5.11 Å². The summed E-state index contributed by atoms with van der Waals surface area (Å²) in [5.74, 6) is -0.185. The fourth-order valence-corrected chi connectivity index (χ4v) is 5.00. The van der Waals surface area contributed by atoms with Gasteiger partial charge >= 0.3 is 5.97 Å². The minimum atomic E-state index is -0.769. The molecule has 0 unspecified atom stereocenters. The Bertz CT molecular complexity index is 354. The first-order valence-corrected chi connectivity index (χ1v) is 6.65. The van der Waals surface area contributed by atoms with Crippen molar-refractivity contribution in [3.05, 3.63) is 0 Å². The SMILES string of the molecule is C[C@]1(CCC(=O)O)[C@H]2CC[C@]1(C)C(=O)[C@@H]2Br. The molecule has 0 heterocycles. The predicted octanol–water partition coefficient (Wildman–Crippen LogP) is 2.62. The molecule has 0 aromatic carbocycles. The van der Waals surface area contributed by atoms with E-state index < -0.39 is 5.97 Å². The molecule has 2 bridgehead atoms. The highest BCUT2D eigenvalue weighted by molar-refractivity contribution is 9.10. The summed E-state index contributed by atoms with van der Waals surface area (Å²) in [6, 6.07) is 0. The Labute approximate surface area is 104 Å². The van der Waals surface area contributed by atoms with Crippen molar-refractivity contribution in [3.8, 4) is 0 Å². The minimum absolute atomic E-state index is 0.0648. The zero-order valence-electron chi connectivity index (χ0n) is 9.62. The number of carboxylic acid groups (broad SMARTS) is 1. The van der Waals surface area contributed by atoms with Crippen molar-refractivity contribution in [1.82, 2.24) is 0 Å². The van der Waals surface area contributed by atoms with Gasteiger partial charge < -0.3 is 5.11 Å². The second-order valence-corrected chi connectivity index (χ2v) is 6.54. The van der Waals surface area contributed by atoms with E-state index in [1.54, 1.807) is 0 Å². The number of hydrogen-bond acceptors (Lipinski definition) is 2. The molecule has 90 valence electrons. The smallest absolute Gasteiger partial charge is 0.303 e. The number of alkyl halides is 1. The van der Waals surface area contributed by atoms with E-state index in [1.807, 2.05) is 6.92 Å². The van der Waals surface area contributed by atoms with Crippen LogP contribution in [0, 0.1) is 16.7 Å². The van der Waals surface area contributed by atoms with Crippen LogP contribution in [-0.2, 0) is 9.59 Å². The molecule has 4 atom stereocenters. The lowest BCUT2D eigenvalue weighted by Crippen LogP contribution is -2.35. The molecular formula is C12H17BrO3. The van der Waals surface area contributed by atoms with E-state index in [9.17, 15) is 9.59 Å². The van der Waals surface area contributed by atoms with Crippen LogP contribution in [0.3, 0.4) is 0 Å². The van der Waals surface area contributed by atoms with Gasteiger partial charge in [0, 0.05) is 11.8 Å². The number of fused-ring (bicyclic) bond motifs is 2. The topological polar surface area (TPSA) is 54.4 Å². The average Bonchev–Trinajstić information content (AvgIpc) is 2.54. The Morgan fingerprint density at radius 2 is 2.19 bits per heavy atom. The Morgan fingerprint density at radius 3 is 2.62 bits per heavy atom. The number of aliphatic carboxylic acids is 1. The van der Waals surface area contributed by atoms with Crippen LogP contribution in [0.5, 0.6) is 0 Å². The van der Waals surface area contributed by atoms with Gasteiger partial charge in [-0.1, -0.05) is 29.8 Å². The van der Waals surface area contributed by atoms with E-state index in [1.165, 1.54) is 0 Å². The van der Waals surface area contributed by atoms with Crippen LogP contribution in [0.15, 0.2) is 0 Å². The first-order valence-electron chi connectivity index (χ1n) is 5.73. The van der Waals surface area contributed by atoms with Gasteiger partial charge in [-0.3, -0.25) is 9.59 Å². The Balaban J connectivity index is 2.28. The van der Waals surface area contributed by atoms with E-state index in [2.05, 4.69) is 22.9 Å². The fraction of sp³-hybridized carbons (Fsp3) is 0.833. The lowest BCUT2D eigenvalue weighted by Gasteiger charge is -2.36. The summed E-state index contributed by atoms with van der Waals surface area (Å²) in [4.78, 5) is 22.8. The van der Waals surface area contributed by atoms with Crippen molar-refractivity contribution in [3.63, 3.8) is 0 Å². The zero-order chi connectivity index (χ0) is 12.1. The molecule has 2 saturated carbocycles. The number of hydrogen-bond donors (Lipinski definition) is 1. The highest BCUT2D eigenvalue weighted by Crippen LogP contribution is 2.67. The van der Waals surface area contributed by atoms with Gasteiger partial charge in [-0.05, 0) is 30.6 Å². The molecule has 0 amide bonds. The van der Waals surface area contributed by atoms with Crippen molar-refractivity contribution < 1.29 is 14.7 Å². The van der Waals surface area contributed by atoms with Gasteiger partial charge in [-0.15, -0.1) is 0 Å². The molecule has 2 rings (SSSR count). The Morgan fingerprint density at radius 1 is 1.56 bits per heavy atom. The van der Waals surface area contributed by atoms with Crippen molar-refractivity contribution in [2.45, 2.75) is 44.4 Å². The van der Waals surface area contributed by atoms with Crippen LogP contribution in [0.1, 0.15) is 39.5 Å². The fourth-order valence-electron chi connectivity index (χ4n) is 3.65. The molecule has 0 saturated heterocycles. The van der Waals surface area contributed by atoms with Gasteiger partial charge in [-0.2, -0.15) is 0 Å². The summed E-state index contributed by atoms with van der Waals surface area (Å²) < 4.78 is 0. The first-order chi connectivity index (χ1) is 7.33. The number of carbonyl (C=O) groups is 2. The molecule has 2 fully saturated rings. The van der Waals surface area contributed by atoms with Gasteiger partial charge in [0.2, 0.25) is 0 Å². The molecule has 4 heteroatoms. The molecule has 2 aliphatic carbocycles. The maximum absolute atomic E-state index is 12.2. The van der Waals surface area contributed by atoms with Crippen LogP contribution < -0.4 is 0 Å². The van der Waals surface area contributed by atoms with Gasteiger partial charge in [0.05, 0.1) is 4.83 Å². The molecule has 0 radical (unpaired) electrons. The van der Waals surface area contributed by atoms with Gasteiger partial charge in [0.15, 0.2) is 5.78 Å². The first kappa shape index (κ1) is 12.1. The molecule has 2 aliphatic rings. The summed E-state index contributed by atoms with van der Waals surface area (Å²) in [6.07, 6.45) is 2.72. The van der Waals surface area contributed by atoms with E-state index in [0.29, 0.717) is 12.3 Å². The van der Waals surface area contributed by atoms with Crippen molar-refractivity contribution in [2.24, 2.45) is 16.7 Å². The maximum Gasteiger partial charge on any atom is 0.303 e. The molecule has 0 aliphatic heterocycles. The van der Waals surface area contributed by atoms with Gasteiger partial charge in [0.25, 0.3) is 0 Å². The zero-order valence-corrected chi connectivity index (χ0v) is 11.2. The predicted molar refractivity (Wildman–Crippen MR) is 63.5 cm³/mol. The lowest BCUT2D eigenvalue weighted by molar-refractivity contribution is -0.139. The third-order valence-electron chi connectivity index (χ3n) is 5.04. The number of carbonyl (C=O) groups excluding carboxylic acids is 1. The number of Topliss-reactive ketones (excluding diaryl/α,β-unsaturated/α-hetero) is 1. The van der Waals surface area contributed by atoms with Crippen LogP contribution in [0.2, 0.25) is 0 Å². The molecular weight excluding hydrogens is 272 g/mol. The third kappa shape index (κ3) is 1.31. The van der Waals surface area contributed by atoms with Crippen LogP contribution in [0.25, 0.3) is 0 Å². The van der Waals surface area contributed by atoms with Crippen LogP contribution in [0.4, 0.5) is 0 Å². The van der Waals surface area contributed by atoms with Crippen molar-refractivity contribution in [2.75, 3.05) is 0 Å². The molecule has 0 aromatic heterocycles. The van der Waals surface area contributed by atoms with Crippen molar-refractivity contribution in [1.29, 1.82) is 0 Å². The van der Waals surface area contributed by atoms with Crippen molar-refractivity contribution >= 4 is 27.7 Å². The summed E-state index contributed by atoms with van der Waals surface area (Å²) in [5.41, 5.74) is -0.460. The largest absolute Gasteiger partial charge is 0.481 e. The molecule has 1 N–H and O–H groups in total. The molecule has 3 nitrogen and oxygen atoms in total. The monoisotopic (exact) mass is 288 g/mol. The second kappa shape index (κ2) is 3.56. The van der Waals surface area contributed by atoms with Crippen LogP contribution in [-0.4, -0.2) is 21.7 Å². The van der Waals surface area contributed by atoms with Crippen LogP contribution >= 0.6 is 15.9 Å². The maximum atomic E-state index is 12.2. The standard InChI is InChI=1S/C12H17BrO3/c1-11(6-4-8(14)15)7-3-5-12(11,2)10(16)9(7)13/h7,9H,3-6H2,1-2H3,(H,14,15)/t7-,9+,11-,12+/m0/s1. The quantitative estimate of drug-likeness (QED) is 0.813. The second-order valence-electron chi connectivity index (χ2n) is 5.55. The third-order valence-corrected chi connectivity index (χ3v) is 6.09. The molecule has 0 spiro atoms. The number of carboxylic acids is 1. The minimum Gasteiger partial charge on any atom is -0.481 e. The number of rotatable bonds is 3. The normalized spacial score (nSPS) is 46.3. The summed E-state index contributed by atoms with van der Waals surface area (Å²) in [6.45, 7) is 4.10. The lowest BCUT2D eigenvalue weighted by atomic mass is 9.66. The highest BCUT2D eigenvalue weighted by atomic mass is 79.9. The Kier molecular flexibility index (Phi) is 2.69. The highest BCUT2D eigenvalue weighted by Gasteiger charge is 2.67. The van der Waals surface area contributed by atoms with Gasteiger partial charge in [-0.25, -0.2) is 0 Å². The molecule has 0 aromatic rings. The summed E-state index contributed by atoms with van der Waals surface area (Å²) in [5, 5.41) is 8.80. The average molecular weight is 289 g/mol. The number of halogens is 1.